The lowest BCUT2D eigenvalue weighted by atomic mass is 10.1. The van der Waals surface area contributed by atoms with Crippen LogP contribution in [0.1, 0.15) is 28.8 Å². The molecule has 0 fully saturated rings. The van der Waals surface area contributed by atoms with Crippen molar-refractivity contribution in [1.29, 1.82) is 0 Å². The molecular formula is C13H19BrN2O4S. The van der Waals surface area contributed by atoms with Crippen molar-refractivity contribution >= 4 is 31.9 Å². The molecule has 0 unspecified atom stereocenters. The Morgan fingerprint density at radius 2 is 2.05 bits per heavy atom. The Bertz CT molecular complexity index is 617. The zero-order valence-electron chi connectivity index (χ0n) is 12.0. The lowest BCUT2D eigenvalue weighted by Crippen LogP contribution is -2.26. The van der Waals surface area contributed by atoms with Crippen LogP contribution in [-0.4, -0.2) is 34.6 Å². The standard InChI is InChI=1S/C13H19BrN2O4S/c1-9-11(13(17)16-5-3-4-6-20-2)7-10(8-12(9)14)21(15,18)19/h7-8H,3-6H2,1-2H3,(H,16,17)(H2,15,18,19). The topological polar surface area (TPSA) is 98.5 Å². The number of hydrogen-bond donors (Lipinski definition) is 2. The van der Waals surface area contributed by atoms with Crippen LogP contribution in [0.2, 0.25) is 0 Å². The van der Waals surface area contributed by atoms with Crippen LogP contribution in [0.5, 0.6) is 0 Å². The quantitative estimate of drug-likeness (QED) is 0.703. The summed E-state index contributed by atoms with van der Waals surface area (Å²) in [6, 6.07) is 2.68. The fourth-order valence-corrected chi connectivity index (χ4v) is 2.90. The van der Waals surface area contributed by atoms with Crippen molar-refractivity contribution < 1.29 is 17.9 Å². The van der Waals surface area contributed by atoms with Crippen molar-refractivity contribution in [3.63, 3.8) is 0 Å². The van der Waals surface area contributed by atoms with E-state index < -0.39 is 10.0 Å². The maximum atomic E-state index is 12.1. The van der Waals surface area contributed by atoms with Crippen LogP contribution in [0.4, 0.5) is 0 Å². The van der Waals surface area contributed by atoms with E-state index in [9.17, 15) is 13.2 Å². The van der Waals surface area contributed by atoms with Crippen LogP contribution < -0.4 is 10.5 Å². The molecule has 0 aliphatic carbocycles. The number of benzene rings is 1. The lowest BCUT2D eigenvalue weighted by Gasteiger charge is -2.11. The van der Waals surface area contributed by atoms with Gasteiger partial charge in [0.1, 0.15) is 0 Å². The summed E-state index contributed by atoms with van der Waals surface area (Å²) in [7, 11) is -2.23. The van der Waals surface area contributed by atoms with Gasteiger partial charge in [0, 0.05) is 30.3 Å². The van der Waals surface area contributed by atoms with E-state index in [0.29, 0.717) is 28.8 Å². The third-order valence-corrected chi connectivity index (χ3v) is 4.67. The van der Waals surface area contributed by atoms with E-state index in [0.717, 1.165) is 12.8 Å². The van der Waals surface area contributed by atoms with Gasteiger partial charge in [0.05, 0.1) is 4.90 Å². The molecule has 3 N–H and O–H groups in total. The molecule has 0 radical (unpaired) electrons. The first-order valence-corrected chi connectivity index (χ1v) is 8.71. The minimum absolute atomic E-state index is 0.0930. The number of rotatable bonds is 7. The van der Waals surface area contributed by atoms with Crippen LogP contribution in [-0.2, 0) is 14.8 Å². The van der Waals surface area contributed by atoms with E-state index in [1.807, 2.05) is 0 Å². The molecule has 0 aliphatic heterocycles. The normalized spacial score (nSPS) is 11.4. The summed E-state index contributed by atoms with van der Waals surface area (Å²) in [5.41, 5.74) is 0.955. The largest absolute Gasteiger partial charge is 0.385 e. The second kappa shape index (κ2) is 7.88. The molecule has 0 atom stereocenters. The van der Waals surface area contributed by atoms with Gasteiger partial charge in [-0.2, -0.15) is 0 Å². The first-order chi connectivity index (χ1) is 9.77. The first-order valence-electron chi connectivity index (χ1n) is 6.37. The Morgan fingerprint density at radius 3 is 2.62 bits per heavy atom. The molecule has 0 saturated carbocycles. The first kappa shape index (κ1) is 18.1. The summed E-state index contributed by atoms with van der Waals surface area (Å²) in [5, 5.41) is 7.86. The maximum Gasteiger partial charge on any atom is 0.251 e. The molecule has 0 bridgehead atoms. The zero-order valence-corrected chi connectivity index (χ0v) is 14.4. The monoisotopic (exact) mass is 378 g/mol. The number of sulfonamides is 1. The molecule has 6 nitrogen and oxygen atoms in total. The Labute approximate surface area is 133 Å². The fourth-order valence-electron chi connectivity index (χ4n) is 1.72. The number of nitrogens with one attached hydrogen (secondary N) is 1. The van der Waals surface area contributed by atoms with E-state index in [-0.39, 0.29) is 10.8 Å². The Kier molecular flexibility index (Phi) is 6.79. The van der Waals surface area contributed by atoms with Gasteiger partial charge < -0.3 is 10.1 Å². The van der Waals surface area contributed by atoms with Gasteiger partial charge in [-0.3, -0.25) is 4.79 Å². The highest BCUT2D eigenvalue weighted by atomic mass is 79.9. The lowest BCUT2D eigenvalue weighted by molar-refractivity contribution is 0.0950. The van der Waals surface area contributed by atoms with Crippen LogP contribution in [0, 0.1) is 6.92 Å². The molecule has 1 aromatic rings. The second-order valence-electron chi connectivity index (χ2n) is 4.58. The van der Waals surface area contributed by atoms with E-state index in [4.69, 9.17) is 9.88 Å². The molecule has 118 valence electrons. The summed E-state index contributed by atoms with van der Waals surface area (Å²) in [6.07, 6.45) is 1.63. The number of carbonyl (C=O) groups excluding carboxylic acids is 1. The molecule has 21 heavy (non-hydrogen) atoms. The number of halogens is 1. The van der Waals surface area contributed by atoms with Gasteiger partial charge in [0.2, 0.25) is 10.0 Å². The average Bonchev–Trinajstić information content (AvgIpc) is 2.40. The van der Waals surface area contributed by atoms with Gasteiger partial charge in [-0.15, -0.1) is 0 Å². The maximum absolute atomic E-state index is 12.1. The fraction of sp³-hybridized carbons (Fsp3) is 0.462. The smallest absolute Gasteiger partial charge is 0.251 e. The summed E-state index contributed by atoms with van der Waals surface area (Å²) < 4.78 is 28.3. The molecule has 1 rings (SSSR count). The van der Waals surface area contributed by atoms with Crippen molar-refractivity contribution in [2.45, 2.75) is 24.7 Å². The molecule has 0 aliphatic rings. The van der Waals surface area contributed by atoms with Crippen molar-refractivity contribution in [3.8, 4) is 0 Å². The SMILES string of the molecule is COCCCCNC(=O)c1cc(S(N)(=O)=O)cc(Br)c1C. The predicted molar refractivity (Wildman–Crippen MR) is 83.7 cm³/mol. The van der Waals surface area contributed by atoms with Gasteiger partial charge in [-0.25, -0.2) is 13.6 Å². The van der Waals surface area contributed by atoms with Crippen molar-refractivity contribution in [2.75, 3.05) is 20.3 Å². The van der Waals surface area contributed by atoms with E-state index in [2.05, 4.69) is 21.2 Å². The number of carbonyl (C=O) groups is 1. The summed E-state index contributed by atoms with van der Waals surface area (Å²) >= 11 is 3.24. The van der Waals surface area contributed by atoms with Crippen LogP contribution in [0.15, 0.2) is 21.5 Å². The summed E-state index contributed by atoms with van der Waals surface area (Å²) in [6.45, 7) is 2.87. The van der Waals surface area contributed by atoms with Crippen molar-refractivity contribution in [2.24, 2.45) is 5.14 Å². The predicted octanol–water partition coefficient (Wildman–Crippen LogP) is 1.56. The highest BCUT2D eigenvalue weighted by molar-refractivity contribution is 9.10. The Hall–Kier alpha value is -0.960. The molecule has 1 aromatic carbocycles. The minimum Gasteiger partial charge on any atom is -0.385 e. The molecular weight excluding hydrogens is 360 g/mol. The third-order valence-electron chi connectivity index (χ3n) is 2.95. The van der Waals surface area contributed by atoms with Crippen LogP contribution >= 0.6 is 15.9 Å². The summed E-state index contributed by atoms with van der Waals surface area (Å²) in [4.78, 5) is 12.0. The van der Waals surface area contributed by atoms with Gasteiger partial charge in [-0.1, -0.05) is 15.9 Å². The number of nitrogens with two attached hydrogens (primary N) is 1. The highest BCUT2D eigenvalue weighted by Gasteiger charge is 2.17. The number of methoxy groups -OCH3 is 1. The van der Waals surface area contributed by atoms with Crippen LogP contribution in [0.3, 0.4) is 0 Å². The number of amides is 1. The van der Waals surface area contributed by atoms with Crippen molar-refractivity contribution in [3.05, 3.63) is 27.7 Å². The molecule has 8 heteroatoms. The molecule has 0 aromatic heterocycles. The number of ether oxygens (including phenoxy) is 1. The summed E-state index contributed by atoms with van der Waals surface area (Å²) in [5.74, 6) is -0.323. The molecule has 0 heterocycles. The molecule has 1 amide bonds. The zero-order chi connectivity index (χ0) is 16.0. The van der Waals surface area contributed by atoms with Gasteiger partial charge >= 0.3 is 0 Å². The van der Waals surface area contributed by atoms with Crippen LogP contribution in [0.25, 0.3) is 0 Å². The Balaban J connectivity index is 2.86. The van der Waals surface area contributed by atoms with Gasteiger partial charge in [0.15, 0.2) is 0 Å². The van der Waals surface area contributed by atoms with Gasteiger partial charge in [-0.05, 0) is 37.5 Å². The number of unbranched alkanes of at least 4 members (excludes halogenated alkanes) is 1. The number of hydrogen-bond acceptors (Lipinski definition) is 4. The highest BCUT2D eigenvalue weighted by Crippen LogP contribution is 2.24. The molecule has 0 saturated heterocycles. The van der Waals surface area contributed by atoms with E-state index >= 15 is 0 Å². The van der Waals surface area contributed by atoms with E-state index in [1.54, 1.807) is 14.0 Å². The Morgan fingerprint density at radius 1 is 1.38 bits per heavy atom. The minimum atomic E-state index is -3.86. The third kappa shape index (κ3) is 5.39. The average molecular weight is 379 g/mol. The van der Waals surface area contributed by atoms with E-state index in [1.165, 1.54) is 12.1 Å². The van der Waals surface area contributed by atoms with Gasteiger partial charge in [0.25, 0.3) is 5.91 Å². The second-order valence-corrected chi connectivity index (χ2v) is 6.99. The number of primary sulfonamides is 1. The molecule has 0 spiro atoms. The van der Waals surface area contributed by atoms with Crippen molar-refractivity contribution in [1.82, 2.24) is 5.32 Å².